The van der Waals surface area contributed by atoms with Crippen LogP contribution in [0.15, 0.2) is 21.1 Å². The van der Waals surface area contributed by atoms with E-state index in [0.717, 1.165) is 5.56 Å². The molecule has 4 N–H and O–H groups in total. The number of urea groups is 1. The number of carbonyl (C=O) groups is 2. The molecule has 132 valence electrons. The summed E-state index contributed by atoms with van der Waals surface area (Å²) in [6.07, 6.45) is 2.92. The largest absolute Gasteiger partial charge is 0.455 e. The molecule has 0 aromatic carbocycles. The minimum atomic E-state index is -0.736. The molecule has 0 unspecified atom stereocenters. The van der Waals surface area contributed by atoms with Crippen LogP contribution in [-0.2, 0) is 6.42 Å². The lowest BCUT2D eigenvalue weighted by molar-refractivity contribution is 0.0993. The fourth-order valence-electron chi connectivity index (χ4n) is 2.99. The lowest BCUT2D eigenvalue weighted by Gasteiger charge is -2.29. The number of nitrogens with zero attached hydrogens (tertiary/aromatic N) is 2. The first-order chi connectivity index (χ1) is 11.8. The zero-order valence-electron chi connectivity index (χ0n) is 14.2. The molecule has 0 spiro atoms. The molecule has 0 saturated heterocycles. The summed E-state index contributed by atoms with van der Waals surface area (Å²) in [5, 5.41) is 9.12. The molecule has 0 saturated carbocycles. The highest BCUT2D eigenvalue weighted by molar-refractivity contribution is 7.13. The zero-order valence-corrected chi connectivity index (χ0v) is 15.0. The maximum atomic E-state index is 12.5. The van der Waals surface area contributed by atoms with Gasteiger partial charge in [0.25, 0.3) is 5.91 Å². The van der Waals surface area contributed by atoms with Gasteiger partial charge < -0.3 is 10.2 Å². The van der Waals surface area contributed by atoms with Crippen LogP contribution in [0, 0.1) is 12.3 Å². The smallest absolute Gasteiger partial charge is 0.332 e. The minimum absolute atomic E-state index is 0.113. The summed E-state index contributed by atoms with van der Waals surface area (Å²) in [7, 11) is 0. The van der Waals surface area contributed by atoms with E-state index in [9.17, 15) is 9.59 Å². The van der Waals surface area contributed by atoms with E-state index < -0.39 is 6.03 Å². The quantitative estimate of drug-likeness (QED) is 0.727. The molecular weight excluding hydrogens is 342 g/mol. The van der Waals surface area contributed by atoms with Crippen LogP contribution < -0.4 is 16.5 Å². The van der Waals surface area contributed by atoms with Gasteiger partial charge >= 0.3 is 6.03 Å². The zero-order chi connectivity index (χ0) is 18.2. The van der Waals surface area contributed by atoms with Crippen molar-refractivity contribution in [2.45, 2.75) is 33.6 Å². The van der Waals surface area contributed by atoms with Crippen molar-refractivity contribution in [2.24, 2.45) is 16.3 Å². The Balaban J connectivity index is 1.98. The minimum Gasteiger partial charge on any atom is -0.455 e. The van der Waals surface area contributed by atoms with E-state index in [4.69, 9.17) is 10.2 Å². The highest BCUT2D eigenvalue weighted by atomic mass is 32.1. The Hall–Kier alpha value is -2.68. The number of rotatable bonds is 3. The molecule has 2 aromatic rings. The lowest BCUT2D eigenvalue weighted by Crippen LogP contribution is -2.31. The summed E-state index contributed by atoms with van der Waals surface area (Å²) in [5.74, 6) is 0.551. The van der Waals surface area contributed by atoms with Crippen molar-refractivity contribution in [1.29, 1.82) is 0 Å². The molecule has 0 fully saturated rings. The van der Waals surface area contributed by atoms with Crippen molar-refractivity contribution >= 4 is 34.1 Å². The molecule has 0 aliphatic heterocycles. The van der Waals surface area contributed by atoms with E-state index in [1.165, 1.54) is 11.3 Å². The van der Waals surface area contributed by atoms with Gasteiger partial charge in [-0.3, -0.25) is 10.1 Å². The van der Waals surface area contributed by atoms with Gasteiger partial charge in [0.2, 0.25) is 0 Å². The third kappa shape index (κ3) is 3.55. The van der Waals surface area contributed by atoms with Gasteiger partial charge in [0.05, 0.1) is 5.71 Å². The van der Waals surface area contributed by atoms with Gasteiger partial charge in [-0.05, 0) is 18.8 Å². The van der Waals surface area contributed by atoms with Gasteiger partial charge in [-0.15, -0.1) is 11.3 Å². The van der Waals surface area contributed by atoms with E-state index in [1.807, 2.05) is 0 Å². The topological polar surface area (TPSA) is 123 Å². The Morgan fingerprint density at radius 2 is 2.16 bits per heavy atom. The Labute approximate surface area is 148 Å². The van der Waals surface area contributed by atoms with Crippen molar-refractivity contribution < 1.29 is 14.0 Å². The number of hydrogen-bond acceptors (Lipinski definition) is 6. The SMILES string of the molecule is Cc1c(C(=O)Nc2nccs2)oc2c1/C(=N\NC(N)=O)CC(C)(C)C2. The predicted molar refractivity (Wildman–Crippen MR) is 94.9 cm³/mol. The van der Waals surface area contributed by atoms with E-state index in [0.29, 0.717) is 35.0 Å². The lowest BCUT2D eigenvalue weighted by atomic mass is 9.75. The molecule has 9 heteroatoms. The maximum absolute atomic E-state index is 12.5. The monoisotopic (exact) mass is 361 g/mol. The predicted octanol–water partition coefficient (Wildman–Crippen LogP) is 2.64. The van der Waals surface area contributed by atoms with E-state index in [1.54, 1.807) is 18.5 Å². The summed E-state index contributed by atoms with van der Waals surface area (Å²) in [5.41, 5.74) is 9.37. The molecule has 0 bridgehead atoms. The number of anilines is 1. The molecule has 2 aromatic heterocycles. The average molecular weight is 361 g/mol. The van der Waals surface area contributed by atoms with E-state index >= 15 is 0 Å². The summed E-state index contributed by atoms with van der Waals surface area (Å²) in [6, 6.07) is -0.736. The molecule has 8 nitrogen and oxygen atoms in total. The Kier molecular flexibility index (Phi) is 4.34. The fraction of sp³-hybridized carbons (Fsp3) is 0.375. The molecule has 3 rings (SSSR count). The molecule has 2 heterocycles. The van der Waals surface area contributed by atoms with Crippen LogP contribution in [0.4, 0.5) is 9.93 Å². The van der Waals surface area contributed by atoms with Gasteiger partial charge in [-0.2, -0.15) is 5.10 Å². The molecular formula is C16H19N5O3S. The number of nitrogens with two attached hydrogens (primary N) is 1. The number of fused-ring (bicyclic) bond motifs is 1. The van der Waals surface area contributed by atoms with Crippen molar-refractivity contribution in [3.8, 4) is 0 Å². The van der Waals surface area contributed by atoms with Crippen molar-refractivity contribution in [3.05, 3.63) is 34.2 Å². The summed E-state index contributed by atoms with van der Waals surface area (Å²) in [6.45, 7) is 5.95. The summed E-state index contributed by atoms with van der Waals surface area (Å²) >= 11 is 1.33. The first-order valence-electron chi connectivity index (χ1n) is 7.72. The molecule has 1 aliphatic rings. The normalized spacial score (nSPS) is 17.2. The maximum Gasteiger partial charge on any atom is 0.332 e. The Morgan fingerprint density at radius 1 is 1.40 bits per heavy atom. The summed E-state index contributed by atoms with van der Waals surface area (Å²) < 4.78 is 5.86. The molecule has 0 atom stereocenters. The number of thiazole rings is 1. The van der Waals surface area contributed by atoms with Crippen molar-refractivity contribution in [3.63, 3.8) is 0 Å². The Morgan fingerprint density at radius 3 is 2.80 bits per heavy atom. The van der Waals surface area contributed by atoms with E-state index in [2.05, 4.69) is 34.7 Å². The van der Waals surface area contributed by atoms with Crippen LogP contribution in [-0.4, -0.2) is 22.6 Å². The second-order valence-corrected chi connectivity index (χ2v) is 7.59. The number of hydrogen-bond donors (Lipinski definition) is 3. The van der Waals surface area contributed by atoms with Crippen molar-refractivity contribution in [2.75, 3.05) is 5.32 Å². The highest BCUT2D eigenvalue weighted by Crippen LogP contribution is 2.39. The third-order valence-corrected chi connectivity index (χ3v) is 4.64. The number of nitrogens with one attached hydrogen (secondary N) is 2. The van der Waals surface area contributed by atoms with Crippen LogP contribution >= 0.6 is 11.3 Å². The molecule has 1 aliphatic carbocycles. The van der Waals surface area contributed by atoms with Gasteiger partial charge in [-0.1, -0.05) is 13.8 Å². The molecule has 25 heavy (non-hydrogen) atoms. The van der Waals surface area contributed by atoms with Crippen LogP contribution in [0.1, 0.15) is 47.7 Å². The number of amides is 3. The fourth-order valence-corrected chi connectivity index (χ4v) is 3.51. The van der Waals surface area contributed by atoms with Crippen LogP contribution in [0.25, 0.3) is 0 Å². The van der Waals surface area contributed by atoms with Gasteiger partial charge in [0, 0.05) is 29.1 Å². The van der Waals surface area contributed by atoms with Crippen LogP contribution in [0.3, 0.4) is 0 Å². The van der Waals surface area contributed by atoms with Crippen LogP contribution in [0.2, 0.25) is 0 Å². The third-order valence-electron chi connectivity index (χ3n) is 3.95. The number of hydrazone groups is 1. The number of carbonyl (C=O) groups excluding carboxylic acids is 2. The molecule has 0 radical (unpaired) electrons. The van der Waals surface area contributed by atoms with Gasteiger partial charge in [-0.25, -0.2) is 15.2 Å². The number of primary amides is 1. The number of aromatic nitrogens is 1. The standard InChI is InChI=1S/C16H19N5O3S/c1-8-11-9(20-21-14(17)23)6-16(2,3)7-10(11)24-12(8)13(22)19-15-18-4-5-25-15/h4-5H,6-7H2,1-3H3,(H3,17,21,23)(H,18,19,22)/b20-9-. The number of furan rings is 1. The summed E-state index contributed by atoms with van der Waals surface area (Å²) in [4.78, 5) is 27.6. The second-order valence-electron chi connectivity index (χ2n) is 6.70. The molecule has 3 amide bonds. The van der Waals surface area contributed by atoms with Crippen LogP contribution in [0.5, 0.6) is 0 Å². The second kappa shape index (κ2) is 6.32. The van der Waals surface area contributed by atoms with Gasteiger partial charge in [0.15, 0.2) is 10.9 Å². The van der Waals surface area contributed by atoms with E-state index in [-0.39, 0.29) is 17.1 Å². The Bertz CT molecular complexity index is 852. The van der Waals surface area contributed by atoms with Crippen molar-refractivity contribution in [1.82, 2.24) is 10.4 Å². The first-order valence-corrected chi connectivity index (χ1v) is 8.60. The average Bonchev–Trinajstić information content (AvgIpc) is 3.11. The highest BCUT2D eigenvalue weighted by Gasteiger charge is 2.36. The van der Waals surface area contributed by atoms with Gasteiger partial charge in [0.1, 0.15) is 5.76 Å². The first kappa shape index (κ1) is 17.2.